The largest absolute Gasteiger partial charge is 0.326 e. The Hall–Kier alpha value is -0.950. The highest BCUT2D eigenvalue weighted by atomic mass is 32.2. The topological polar surface area (TPSA) is 63.4 Å². The molecule has 2 N–H and O–H groups in total. The molecule has 2 aromatic rings. The summed E-state index contributed by atoms with van der Waals surface area (Å²) in [5, 5.41) is 0.790. The zero-order valence-electron chi connectivity index (χ0n) is 12.2. The summed E-state index contributed by atoms with van der Waals surface area (Å²) in [5.74, 6) is 0.496. The Labute approximate surface area is 129 Å². The number of benzene rings is 1. The first-order valence-corrected chi connectivity index (χ1v) is 9.41. The molecule has 114 valence electrons. The Kier molecular flexibility index (Phi) is 3.81. The van der Waals surface area contributed by atoms with E-state index in [2.05, 4.69) is 0 Å². The van der Waals surface area contributed by atoms with Crippen molar-refractivity contribution in [2.45, 2.75) is 37.2 Å². The predicted octanol–water partition coefficient (Wildman–Crippen LogP) is 2.78. The van der Waals surface area contributed by atoms with Gasteiger partial charge in [-0.15, -0.1) is 11.3 Å². The van der Waals surface area contributed by atoms with Crippen molar-refractivity contribution in [1.29, 1.82) is 0 Å². The molecule has 0 radical (unpaired) electrons. The summed E-state index contributed by atoms with van der Waals surface area (Å²) in [6.07, 6.45) is 2.24. The second-order valence-electron chi connectivity index (χ2n) is 5.65. The minimum atomic E-state index is -3.51. The quantitative estimate of drug-likeness (QED) is 0.920. The first-order valence-electron chi connectivity index (χ1n) is 7.15. The lowest BCUT2D eigenvalue weighted by molar-refractivity contribution is 0.357. The van der Waals surface area contributed by atoms with Gasteiger partial charge in [-0.3, -0.25) is 0 Å². The lowest BCUT2D eigenvalue weighted by Crippen LogP contribution is -2.36. The van der Waals surface area contributed by atoms with E-state index in [1.807, 2.05) is 31.2 Å². The van der Waals surface area contributed by atoms with Crippen molar-refractivity contribution in [3.63, 3.8) is 0 Å². The van der Waals surface area contributed by atoms with Crippen molar-refractivity contribution >= 4 is 31.4 Å². The lowest BCUT2D eigenvalue weighted by atomic mass is 10.2. The molecular formula is C15H20N2O2S2. The molecule has 1 aliphatic rings. The van der Waals surface area contributed by atoms with E-state index in [-0.39, 0.29) is 12.6 Å². The van der Waals surface area contributed by atoms with Gasteiger partial charge in [0.1, 0.15) is 4.90 Å². The van der Waals surface area contributed by atoms with Crippen molar-refractivity contribution in [2.75, 3.05) is 7.05 Å². The van der Waals surface area contributed by atoms with E-state index in [1.54, 1.807) is 7.05 Å². The van der Waals surface area contributed by atoms with Crippen molar-refractivity contribution in [1.82, 2.24) is 4.31 Å². The van der Waals surface area contributed by atoms with Crippen LogP contribution in [0.4, 0.5) is 0 Å². The summed E-state index contributed by atoms with van der Waals surface area (Å²) in [5.41, 5.74) is 5.79. The fourth-order valence-electron chi connectivity index (χ4n) is 2.73. The Morgan fingerprint density at radius 3 is 2.67 bits per heavy atom. The number of hydrogen-bond acceptors (Lipinski definition) is 4. The Bertz CT molecular complexity index is 763. The lowest BCUT2D eigenvalue weighted by Gasteiger charge is -2.24. The molecule has 1 aromatic heterocycles. The smallest absolute Gasteiger partial charge is 0.244 e. The monoisotopic (exact) mass is 324 g/mol. The van der Waals surface area contributed by atoms with Gasteiger partial charge in [0.25, 0.3) is 0 Å². The van der Waals surface area contributed by atoms with Crippen LogP contribution in [-0.4, -0.2) is 25.8 Å². The first kappa shape index (κ1) is 15.0. The third-order valence-electron chi connectivity index (χ3n) is 4.32. The molecule has 0 spiro atoms. The van der Waals surface area contributed by atoms with Gasteiger partial charge >= 0.3 is 0 Å². The summed E-state index contributed by atoms with van der Waals surface area (Å²) in [6.45, 7) is 2.24. The van der Waals surface area contributed by atoms with E-state index >= 15 is 0 Å². The molecule has 1 heterocycles. The Balaban J connectivity index is 2.13. The number of thiophene rings is 1. The van der Waals surface area contributed by atoms with Crippen molar-refractivity contribution in [2.24, 2.45) is 11.7 Å². The van der Waals surface area contributed by atoms with E-state index in [0.717, 1.165) is 27.8 Å². The molecular weight excluding hydrogens is 304 g/mol. The van der Waals surface area contributed by atoms with Crippen molar-refractivity contribution < 1.29 is 8.42 Å². The number of nitrogens with zero attached hydrogens (tertiary/aromatic N) is 1. The molecule has 0 saturated heterocycles. The van der Waals surface area contributed by atoms with Crippen LogP contribution in [0.2, 0.25) is 0 Å². The van der Waals surface area contributed by atoms with Gasteiger partial charge in [-0.2, -0.15) is 4.31 Å². The summed E-state index contributed by atoms with van der Waals surface area (Å²) < 4.78 is 28.6. The predicted molar refractivity (Wildman–Crippen MR) is 86.9 cm³/mol. The van der Waals surface area contributed by atoms with Gasteiger partial charge in [-0.25, -0.2) is 8.42 Å². The molecule has 0 aliphatic heterocycles. The summed E-state index contributed by atoms with van der Waals surface area (Å²) in [4.78, 5) is 1.15. The van der Waals surface area contributed by atoms with Crippen LogP contribution in [-0.2, 0) is 16.6 Å². The molecule has 1 fully saturated rings. The molecule has 4 nitrogen and oxygen atoms in total. The first-order chi connectivity index (χ1) is 9.96. The molecule has 6 heteroatoms. The maximum absolute atomic E-state index is 13.0. The van der Waals surface area contributed by atoms with E-state index in [4.69, 9.17) is 5.73 Å². The minimum absolute atomic E-state index is 0.0410. The van der Waals surface area contributed by atoms with Gasteiger partial charge in [-0.05, 0) is 31.7 Å². The SMILES string of the molecule is CC(C1CC1)N(C)S(=O)(=O)c1c(CN)sc2ccccc12. The molecule has 21 heavy (non-hydrogen) atoms. The van der Waals surface area contributed by atoms with E-state index < -0.39 is 10.0 Å². The molecule has 1 aromatic carbocycles. The van der Waals surface area contributed by atoms with E-state index in [0.29, 0.717) is 10.8 Å². The fraction of sp³-hybridized carbons (Fsp3) is 0.467. The molecule has 1 saturated carbocycles. The number of hydrogen-bond donors (Lipinski definition) is 1. The number of nitrogens with two attached hydrogens (primary N) is 1. The third kappa shape index (κ3) is 2.50. The molecule has 3 rings (SSSR count). The Morgan fingerprint density at radius 2 is 2.05 bits per heavy atom. The minimum Gasteiger partial charge on any atom is -0.326 e. The van der Waals surface area contributed by atoms with Gasteiger partial charge in [-0.1, -0.05) is 18.2 Å². The molecule has 1 atom stereocenters. The van der Waals surface area contributed by atoms with Crippen LogP contribution in [0.3, 0.4) is 0 Å². The maximum Gasteiger partial charge on any atom is 0.244 e. The van der Waals surface area contributed by atoms with Crippen LogP contribution in [0.5, 0.6) is 0 Å². The molecule has 1 unspecified atom stereocenters. The van der Waals surface area contributed by atoms with E-state index in [1.165, 1.54) is 15.6 Å². The van der Waals surface area contributed by atoms with Gasteiger partial charge in [0.05, 0.1) is 0 Å². The van der Waals surface area contributed by atoms with Gasteiger partial charge in [0.2, 0.25) is 10.0 Å². The molecule has 0 amide bonds. The van der Waals surface area contributed by atoms with Crippen LogP contribution >= 0.6 is 11.3 Å². The zero-order valence-corrected chi connectivity index (χ0v) is 13.9. The maximum atomic E-state index is 13.0. The van der Waals surface area contributed by atoms with Crippen molar-refractivity contribution in [3.05, 3.63) is 29.1 Å². The van der Waals surface area contributed by atoms with Crippen LogP contribution in [0.25, 0.3) is 10.1 Å². The normalized spacial score (nSPS) is 17.5. The van der Waals surface area contributed by atoms with Crippen LogP contribution in [0, 0.1) is 5.92 Å². The zero-order chi connectivity index (χ0) is 15.2. The highest BCUT2D eigenvalue weighted by Gasteiger charge is 2.37. The number of fused-ring (bicyclic) bond motifs is 1. The highest BCUT2D eigenvalue weighted by molar-refractivity contribution is 7.89. The second-order valence-corrected chi connectivity index (χ2v) is 8.73. The van der Waals surface area contributed by atoms with E-state index in [9.17, 15) is 8.42 Å². The summed E-state index contributed by atoms with van der Waals surface area (Å²) in [6, 6.07) is 7.65. The average molecular weight is 324 g/mol. The van der Waals surface area contributed by atoms with Gasteiger partial charge < -0.3 is 5.73 Å². The van der Waals surface area contributed by atoms with Crippen LogP contribution < -0.4 is 5.73 Å². The second kappa shape index (κ2) is 5.35. The number of sulfonamides is 1. The standard InChI is InChI=1S/C15H20N2O2S2/c1-10(11-7-8-11)17(2)21(18,19)15-12-5-3-4-6-13(12)20-14(15)9-16/h3-6,10-11H,7-9,16H2,1-2H3. The summed E-state index contributed by atoms with van der Waals surface area (Å²) in [7, 11) is -1.82. The Morgan fingerprint density at radius 1 is 1.38 bits per heavy atom. The van der Waals surface area contributed by atoms with Crippen LogP contribution in [0.1, 0.15) is 24.6 Å². The molecule has 0 bridgehead atoms. The average Bonchev–Trinajstić information content (AvgIpc) is 3.24. The molecule has 1 aliphatic carbocycles. The fourth-order valence-corrected chi connectivity index (χ4v) is 5.94. The van der Waals surface area contributed by atoms with Crippen LogP contribution in [0.15, 0.2) is 29.2 Å². The van der Waals surface area contributed by atoms with Gasteiger partial charge in [0, 0.05) is 34.6 Å². The number of rotatable bonds is 5. The van der Waals surface area contributed by atoms with Crippen molar-refractivity contribution in [3.8, 4) is 0 Å². The summed E-state index contributed by atoms with van der Waals surface area (Å²) >= 11 is 1.47. The third-order valence-corrected chi connectivity index (χ3v) is 7.71. The highest BCUT2D eigenvalue weighted by Crippen LogP contribution is 2.40. The van der Waals surface area contributed by atoms with Gasteiger partial charge in [0.15, 0.2) is 0 Å².